The van der Waals surface area contributed by atoms with Crippen molar-refractivity contribution in [2.24, 2.45) is 5.92 Å². The zero-order chi connectivity index (χ0) is 20.5. The van der Waals surface area contributed by atoms with E-state index in [9.17, 15) is 4.79 Å². The molecule has 0 amide bonds. The summed E-state index contributed by atoms with van der Waals surface area (Å²) in [6, 6.07) is 15.8. The highest BCUT2D eigenvalue weighted by Crippen LogP contribution is 2.33. The van der Waals surface area contributed by atoms with E-state index in [1.54, 1.807) is 12.1 Å². The first-order chi connectivity index (χ1) is 14.2. The van der Waals surface area contributed by atoms with Crippen LogP contribution in [0.3, 0.4) is 0 Å². The monoisotopic (exact) mass is 390 g/mol. The number of allylic oxidation sites excluding steroid dienone is 2. The van der Waals surface area contributed by atoms with E-state index in [-0.39, 0.29) is 0 Å². The van der Waals surface area contributed by atoms with E-state index in [1.807, 2.05) is 12.1 Å². The molecule has 29 heavy (non-hydrogen) atoms. The van der Waals surface area contributed by atoms with E-state index in [2.05, 4.69) is 37.3 Å². The predicted molar refractivity (Wildman–Crippen MR) is 122 cm³/mol. The van der Waals surface area contributed by atoms with E-state index in [0.29, 0.717) is 5.56 Å². The molecule has 3 rings (SSSR count). The molecule has 0 bridgehead atoms. The third-order valence-electron chi connectivity index (χ3n) is 6.21. The molecule has 0 aromatic heterocycles. The van der Waals surface area contributed by atoms with Crippen LogP contribution < -0.4 is 0 Å². The van der Waals surface area contributed by atoms with Crippen LogP contribution in [0.5, 0.6) is 0 Å². The van der Waals surface area contributed by atoms with Crippen molar-refractivity contribution in [3.63, 3.8) is 0 Å². The number of rotatable bonds is 10. The molecule has 154 valence electrons. The molecule has 0 saturated heterocycles. The molecule has 0 aliphatic heterocycles. The number of benzene rings is 2. The second-order valence-corrected chi connectivity index (χ2v) is 8.39. The van der Waals surface area contributed by atoms with Crippen LogP contribution in [0.25, 0.3) is 16.7 Å². The Morgan fingerprint density at radius 2 is 1.45 bits per heavy atom. The molecular weight excluding hydrogens is 356 g/mol. The Hall–Kier alpha value is -2.35. The highest BCUT2D eigenvalue weighted by Gasteiger charge is 2.15. The van der Waals surface area contributed by atoms with E-state index < -0.39 is 5.97 Å². The van der Waals surface area contributed by atoms with Crippen molar-refractivity contribution in [2.45, 2.75) is 71.1 Å². The zero-order valence-electron chi connectivity index (χ0n) is 17.7. The molecule has 0 heterocycles. The third kappa shape index (κ3) is 6.32. The maximum Gasteiger partial charge on any atom is 0.335 e. The van der Waals surface area contributed by atoms with Gasteiger partial charge in [0.25, 0.3) is 0 Å². The van der Waals surface area contributed by atoms with Crippen LogP contribution in [-0.2, 0) is 0 Å². The van der Waals surface area contributed by atoms with Crippen LogP contribution >= 0.6 is 0 Å². The lowest BCUT2D eigenvalue weighted by atomic mass is 9.83. The molecule has 1 N–H and O–H groups in total. The lowest BCUT2D eigenvalue weighted by Gasteiger charge is -2.22. The van der Waals surface area contributed by atoms with Gasteiger partial charge >= 0.3 is 5.97 Å². The number of carbonyl (C=O) groups is 1. The van der Waals surface area contributed by atoms with Gasteiger partial charge in [0.2, 0.25) is 0 Å². The highest BCUT2D eigenvalue weighted by molar-refractivity contribution is 5.88. The Kier molecular flexibility index (Phi) is 8.10. The van der Waals surface area contributed by atoms with Crippen molar-refractivity contribution in [1.82, 2.24) is 0 Å². The number of carboxylic acids is 1. The van der Waals surface area contributed by atoms with Crippen molar-refractivity contribution in [3.8, 4) is 11.1 Å². The molecule has 2 aromatic rings. The topological polar surface area (TPSA) is 37.3 Å². The SMILES string of the molecule is CCCCCCCCC1CC=C(c2ccc(-c3ccc(C(=O)O)cc3)cc2)CC1. The molecule has 1 aliphatic rings. The summed E-state index contributed by atoms with van der Waals surface area (Å²) in [4.78, 5) is 11.0. The summed E-state index contributed by atoms with van der Waals surface area (Å²) >= 11 is 0. The summed E-state index contributed by atoms with van der Waals surface area (Å²) in [5, 5.41) is 9.03. The van der Waals surface area contributed by atoms with E-state index in [4.69, 9.17) is 5.11 Å². The first kappa shape index (κ1) is 21.4. The Bertz CT molecular complexity index is 799. The third-order valence-corrected chi connectivity index (χ3v) is 6.21. The number of carboxylic acid groups (broad SMARTS) is 1. The normalized spacial score (nSPS) is 16.4. The van der Waals surface area contributed by atoms with Crippen molar-refractivity contribution in [1.29, 1.82) is 0 Å². The van der Waals surface area contributed by atoms with Crippen molar-refractivity contribution in [3.05, 3.63) is 65.7 Å². The smallest absolute Gasteiger partial charge is 0.335 e. The lowest BCUT2D eigenvalue weighted by Crippen LogP contribution is -2.05. The average Bonchev–Trinajstić information content (AvgIpc) is 2.77. The van der Waals surface area contributed by atoms with Crippen molar-refractivity contribution < 1.29 is 9.90 Å². The van der Waals surface area contributed by atoms with Gasteiger partial charge in [-0.25, -0.2) is 4.79 Å². The van der Waals surface area contributed by atoms with E-state index in [0.717, 1.165) is 17.0 Å². The van der Waals surface area contributed by atoms with Crippen molar-refractivity contribution >= 4 is 11.5 Å². The van der Waals surface area contributed by atoms with Gasteiger partial charge in [0, 0.05) is 0 Å². The minimum atomic E-state index is -0.883. The summed E-state index contributed by atoms with van der Waals surface area (Å²) in [6.07, 6.45) is 15.9. The Labute approximate surface area is 175 Å². The largest absolute Gasteiger partial charge is 0.478 e. The lowest BCUT2D eigenvalue weighted by molar-refractivity contribution is 0.0697. The number of aromatic carboxylic acids is 1. The summed E-state index contributed by atoms with van der Waals surface area (Å²) in [6.45, 7) is 2.28. The summed E-state index contributed by atoms with van der Waals surface area (Å²) in [5.74, 6) is -0.0112. The fraction of sp³-hybridized carbons (Fsp3) is 0.444. The molecule has 1 unspecified atom stereocenters. The molecule has 1 aliphatic carbocycles. The standard InChI is InChI=1S/C27H34O2/c1-2-3-4-5-6-7-8-21-9-11-22(12-10-21)23-13-15-24(16-14-23)25-17-19-26(20-18-25)27(28)29/h11,13-21H,2-10,12H2,1H3,(H,28,29). The number of hydrogen-bond donors (Lipinski definition) is 1. The maximum absolute atomic E-state index is 11.0. The van der Waals surface area contributed by atoms with Gasteiger partial charge in [-0.2, -0.15) is 0 Å². The minimum absolute atomic E-state index is 0.327. The van der Waals surface area contributed by atoms with Crippen LogP contribution in [0.15, 0.2) is 54.6 Å². The van der Waals surface area contributed by atoms with Crippen LogP contribution in [0.2, 0.25) is 0 Å². The Morgan fingerprint density at radius 3 is 2.03 bits per heavy atom. The molecule has 0 saturated carbocycles. The second kappa shape index (κ2) is 11.0. The van der Waals surface area contributed by atoms with E-state index >= 15 is 0 Å². The molecule has 2 heteroatoms. The molecular formula is C27H34O2. The molecule has 1 atom stereocenters. The molecule has 2 nitrogen and oxygen atoms in total. The zero-order valence-corrected chi connectivity index (χ0v) is 17.7. The quantitative estimate of drug-likeness (QED) is 0.417. The Morgan fingerprint density at radius 1 is 0.862 bits per heavy atom. The Balaban J connectivity index is 1.50. The second-order valence-electron chi connectivity index (χ2n) is 8.39. The average molecular weight is 391 g/mol. The van der Waals surface area contributed by atoms with Crippen LogP contribution in [0.4, 0.5) is 0 Å². The van der Waals surface area contributed by atoms with Crippen LogP contribution in [0.1, 0.15) is 87.1 Å². The fourth-order valence-corrected chi connectivity index (χ4v) is 4.31. The highest BCUT2D eigenvalue weighted by atomic mass is 16.4. The van der Waals surface area contributed by atoms with Gasteiger partial charge in [-0.15, -0.1) is 0 Å². The van der Waals surface area contributed by atoms with Gasteiger partial charge in [0.05, 0.1) is 5.56 Å². The molecule has 2 aromatic carbocycles. The predicted octanol–water partition coefficient (Wildman–Crippen LogP) is 7.99. The van der Waals surface area contributed by atoms with Gasteiger partial charge in [0.15, 0.2) is 0 Å². The van der Waals surface area contributed by atoms with Crippen LogP contribution in [-0.4, -0.2) is 11.1 Å². The van der Waals surface area contributed by atoms with Crippen molar-refractivity contribution in [2.75, 3.05) is 0 Å². The van der Waals surface area contributed by atoms with Gasteiger partial charge in [-0.1, -0.05) is 94.3 Å². The van der Waals surface area contributed by atoms with Gasteiger partial charge in [-0.3, -0.25) is 0 Å². The van der Waals surface area contributed by atoms with E-state index in [1.165, 1.54) is 75.3 Å². The fourth-order valence-electron chi connectivity index (χ4n) is 4.31. The van der Waals surface area contributed by atoms with Gasteiger partial charge < -0.3 is 5.11 Å². The maximum atomic E-state index is 11.0. The molecule has 0 fully saturated rings. The first-order valence-corrected chi connectivity index (χ1v) is 11.3. The first-order valence-electron chi connectivity index (χ1n) is 11.3. The summed E-state index contributed by atoms with van der Waals surface area (Å²) < 4.78 is 0. The summed E-state index contributed by atoms with van der Waals surface area (Å²) in [5.41, 5.74) is 5.32. The minimum Gasteiger partial charge on any atom is -0.478 e. The summed E-state index contributed by atoms with van der Waals surface area (Å²) in [7, 11) is 0. The molecule has 0 radical (unpaired) electrons. The van der Waals surface area contributed by atoms with Crippen LogP contribution in [0, 0.1) is 5.92 Å². The van der Waals surface area contributed by atoms with Gasteiger partial charge in [0.1, 0.15) is 0 Å². The number of unbranched alkanes of at least 4 members (excludes halogenated alkanes) is 5. The van der Waals surface area contributed by atoms with Gasteiger partial charge in [-0.05, 0) is 59.6 Å². The molecule has 0 spiro atoms. The number of hydrogen-bond acceptors (Lipinski definition) is 1.